The van der Waals surface area contributed by atoms with Crippen LogP contribution in [0.3, 0.4) is 0 Å². The normalized spacial score (nSPS) is 23.9. The third kappa shape index (κ3) is 3.13. The van der Waals surface area contributed by atoms with E-state index in [9.17, 15) is 4.79 Å². The van der Waals surface area contributed by atoms with Crippen molar-refractivity contribution in [2.75, 3.05) is 13.1 Å². The molecule has 22 heavy (non-hydrogen) atoms. The van der Waals surface area contributed by atoms with E-state index in [0.717, 1.165) is 32.1 Å². The Morgan fingerprint density at radius 1 is 1.32 bits per heavy atom. The van der Waals surface area contributed by atoms with E-state index in [0.29, 0.717) is 6.54 Å². The summed E-state index contributed by atoms with van der Waals surface area (Å²) in [5, 5.41) is 9.04. The Balaban J connectivity index is 1.52. The van der Waals surface area contributed by atoms with Crippen LogP contribution < -0.4 is 10.9 Å². The predicted octanol–water partition coefficient (Wildman–Crippen LogP) is 1.67. The zero-order chi connectivity index (χ0) is 15.4. The molecule has 5 nitrogen and oxygen atoms in total. The van der Waals surface area contributed by atoms with Crippen LogP contribution in [0.4, 0.5) is 0 Å². The number of likely N-dealkylation sites (tertiary alicyclic amines) is 1. The third-order valence-electron chi connectivity index (χ3n) is 4.61. The van der Waals surface area contributed by atoms with Gasteiger partial charge < -0.3 is 4.90 Å². The Morgan fingerprint density at radius 2 is 2.18 bits per heavy atom. The molecule has 1 aliphatic heterocycles. The first-order chi connectivity index (χ1) is 10.8. The van der Waals surface area contributed by atoms with Crippen LogP contribution >= 0.6 is 0 Å². The van der Waals surface area contributed by atoms with Gasteiger partial charge in [-0.3, -0.25) is 4.79 Å². The molecule has 2 atom stereocenters. The standard InChI is InChI=1S/C17H22N4O/c18-11-14-7-4-10-21(14)17(22)12-19-20-16-9-3-6-13-5-1-2-8-15(13)16/h1-2,5,8,14,16,19-20H,3-4,6-7,9-10,12H2. The van der Waals surface area contributed by atoms with Gasteiger partial charge >= 0.3 is 0 Å². The van der Waals surface area contributed by atoms with Gasteiger partial charge in [0.25, 0.3) is 0 Å². The van der Waals surface area contributed by atoms with Gasteiger partial charge in [-0.15, -0.1) is 0 Å². The number of carbonyl (C=O) groups is 1. The molecule has 2 unspecified atom stereocenters. The lowest BCUT2D eigenvalue weighted by Gasteiger charge is -2.27. The van der Waals surface area contributed by atoms with Crippen LogP contribution in [0.25, 0.3) is 0 Å². The molecule has 0 bridgehead atoms. The highest BCUT2D eigenvalue weighted by Crippen LogP contribution is 2.28. The highest BCUT2D eigenvalue weighted by atomic mass is 16.2. The van der Waals surface area contributed by atoms with Crippen LogP contribution in [0.5, 0.6) is 0 Å². The number of amides is 1. The van der Waals surface area contributed by atoms with Gasteiger partial charge in [0.05, 0.1) is 12.6 Å². The van der Waals surface area contributed by atoms with E-state index in [2.05, 4.69) is 41.2 Å². The molecule has 3 rings (SSSR count). The van der Waals surface area contributed by atoms with Gasteiger partial charge in [0.1, 0.15) is 6.04 Å². The number of nitriles is 1. The van der Waals surface area contributed by atoms with Crippen molar-refractivity contribution in [3.8, 4) is 6.07 Å². The largest absolute Gasteiger partial charge is 0.326 e. The molecular formula is C17H22N4O. The summed E-state index contributed by atoms with van der Waals surface area (Å²) < 4.78 is 0. The number of fused-ring (bicyclic) bond motifs is 1. The van der Waals surface area contributed by atoms with Crippen molar-refractivity contribution in [2.24, 2.45) is 0 Å². The van der Waals surface area contributed by atoms with Gasteiger partial charge in [0.15, 0.2) is 0 Å². The third-order valence-corrected chi connectivity index (χ3v) is 4.61. The summed E-state index contributed by atoms with van der Waals surface area (Å²) in [5.74, 6) is 0.000597. The predicted molar refractivity (Wildman–Crippen MR) is 83.6 cm³/mol. The Labute approximate surface area is 131 Å². The Bertz CT molecular complexity index is 580. The second kappa shape index (κ2) is 6.91. The average molecular weight is 298 g/mol. The van der Waals surface area contributed by atoms with E-state index < -0.39 is 0 Å². The number of carbonyl (C=O) groups excluding carboxylic acids is 1. The van der Waals surface area contributed by atoms with Crippen molar-refractivity contribution >= 4 is 5.91 Å². The molecule has 1 saturated heterocycles. The van der Waals surface area contributed by atoms with Gasteiger partial charge in [0.2, 0.25) is 5.91 Å². The van der Waals surface area contributed by atoms with Gasteiger partial charge in [-0.2, -0.15) is 5.26 Å². The van der Waals surface area contributed by atoms with Gasteiger partial charge in [-0.1, -0.05) is 24.3 Å². The maximum Gasteiger partial charge on any atom is 0.239 e. The number of hydrogen-bond donors (Lipinski definition) is 2. The number of hydrogen-bond acceptors (Lipinski definition) is 4. The quantitative estimate of drug-likeness (QED) is 0.830. The summed E-state index contributed by atoms with van der Waals surface area (Å²) in [4.78, 5) is 13.9. The molecule has 1 amide bonds. The van der Waals surface area contributed by atoms with E-state index >= 15 is 0 Å². The van der Waals surface area contributed by atoms with Crippen molar-refractivity contribution < 1.29 is 4.79 Å². The fourth-order valence-corrected chi connectivity index (χ4v) is 3.45. The van der Waals surface area contributed by atoms with E-state index in [1.807, 2.05) is 0 Å². The van der Waals surface area contributed by atoms with Crippen LogP contribution in [0, 0.1) is 11.3 Å². The van der Waals surface area contributed by atoms with E-state index in [1.54, 1.807) is 4.90 Å². The molecule has 0 radical (unpaired) electrons. The Kier molecular flexibility index (Phi) is 4.71. The number of aryl methyl sites for hydroxylation is 1. The number of hydrazine groups is 1. The summed E-state index contributed by atoms with van der Waals surface area (Å²) in [6, 6.07) is 10.7. The van der Waals surface area contributed by atoms with Crippen molar-refractivity contribution in [3.63, 3.8) is 0 Å². The van der Waals surface area contributed by atoms with Crippen molar-refractivity contribution in [3.05, 3.63) is 35.4 Å². The minimum absolute atomic E-state index is 0.000597. The first kappa shape index (κ1) is 15.0. The minimum Gasteiger partial charge on any atom is -0.326 e. The first-order valence-corrected chi connectivity index (χ1v) is 8.05. The fraction of sp³-hybridized carbons (Fsp3) is 0.529. The van der Waals surface area contributed by atoms with E-state index in [1.165, 1.54) is 11.1 Å². The summed E-state index contributed by atoms with van der Waals surface area (Å²) in [5.41, 5.74) is 9.07. The SMILES string of the molecule is N#CC1CCCN1C(=O)CNNC1CCCc2ccccc21. The number of nitrogens with one attached hydrogen (secondary N) is 2. The maximum atomic E-state index is 12.2. The summed E-state index contributed by atoms with van der Waals surface area (Å²) in [6.07, 6.45) is 5.08. The lowest BCUT2D eigenvalue weighted by atomic mass is 9.88. The van der Waals surface area contributed by atoms with E-state index in [-0.39, 0.29) is 24.5 Å². The first-order valence-electron chi connectivity index (χ1n) is 8.05. The zero-order valence-electron chi connectivity index (χ0n) is 12.7. The van der Waals surface area contributed by atoms with Crippen LogP contribution in [-0.2, 0) is 11.2 Å². The summed E-state index contributed by atoms with van der Waals surface area (Å²) in [7, 11) is 0. The molecule has 1 fully saturated rings. The molecule has 1 heterocycles. The fourth-order valence-electron chi connectivity index (χ4n) is 3.45. The molecule has 1 aliphatic carbocycles. The Morgan fingerprint density at radius 3 is 3.05 bits per heavy atom. The Hall–Kier alpha value is -1.90. The van der Waals surface area contributed by atoms with Gasteiger partial charge in [-0.25, -0.2) is 10.9 Å². The molecule has 0 saturated carbocycles. The topological polar surface area (TPSA) is 68.2 Å². The van der Waals surface area contributed by atoms with Crippen molar-refractivity contribution in [2.45, 2.75) is 44.2 Å². The van der Waals surface area contributed by atoms with Crippen LogP contribution in [0.1, 0.15) is 42.9 Å². The number of benzene rings is 1. The molecule has 116 valence electrons. The molecule has 2 N–H and O–H groups in total. The van der Waals surface area contributed by atoms with Crippen molar-refractivity contribution in [1.82, 2.24) is 15.8 Å². The highest BCUT2D eigenvalue weighted by molar-refractivity contribution is 5.79. The van der Waals surface area contributed by atoms with E-state index in [4.69, 9.17) is 5.26 Å². The summed E-state index contributed by atoms with van der Waals surface area (Å²) in [6.45, 7) is 0.932. The highest BCUT2D eigenvalue weighted by Gasteiger charge is 2.28. The lowest BCUT2D eigenvalue weighted by Crippen LogP contribution is -2.46. The number of nitrogens with zero attached hydrogens (tertiary/aromatic N) is 2. The molecule has 0 aromatic heterocycles. The molecule has 2 aliphatic rings. The smallest absolute Gasteiger partial charge is 0.239 e. The average Bonchev–Trinajstić information content (AvgIpc) is 3.03. The van der Waals surface area contributed by atoms with Crippen LogP contribution in [-0.4, -0.2) is 29.9 Å². The molecule has 1 aromatic carbocycles. The molecular weight excluding hydrogens is 276 g/mol. The number of rotatable bonds is 4. The van der Waals surface area contributed by atoms with Crippen LogP contribution in [0.2, 0.25) is 0 Å². The monoisotopic (exact) mass is 298 g/mol. The second-order valence-corrected chi connectivity index (χ2v) is 6.02. The molecule has 1 aromatic rings. The maximum absolute atomic E-state index is 12.2. The van der Waals surface area contributed by atoms with Crippen LogP contribution in [0.15, 0.2) is 24.3 Å². The summed E-state index contributed by atoms with van der Waals surface area (Å²) >= 11 is 0. The molecule has 0 spiro atoms. The minimum atomic E-state index is -0.246. The molecule has 5 heteroatoms. The second-order valence-electron chi connectivity index (χ2n) is 6.02. The lowest BCUT2D eigenvalue weighted by molar-refractivity contribution is -0.130. The van der Waals surface area contributed by atoms with Crippen molar-refractivity contribution in [1.29, 1.82) is 5.26 Å². The van der Waals surface area contributed by atoms with Gasteiger partial charge in [0, 0.05) is 12.6 Å². The zero-order valence-corrected chi connectivity index (χ0v) is 12.7. The van der Waals surface area contributed by atoms with Gasteiger partial charge in [-0.05, 0) is 43.2 Å².